The molecule has 3 aromatic carbocycles. The quantitative estimate of drug-likeness (QED) is 0.624. The second-order valence-electron chi connectivity index (χ2n) is 7.45. The molecule has 0 fully saturated rings. The van der Waals surface area contributed by atoms with Crippen LogP contribution in [0.1, 0.15) is 16.7 Å². The summed E-state index contributed by atoms with van der Waals surface area (Å²) in [6, 6.07) is 16.6. The molecule has 160 valence electrons. The topological polar surface area (TPSA) is 66.5 Å². The summed E-state index contributed by atoms with van der Waals surface area (Å²) in [5.41, 5.74) is 2.47. The zero-order chi connectivity index (χ0) is 22.2. The van der Waals surface area contributed by atoms with Gasteiger partial charge in [0.2, 0.25) is 15.9 Å². The average Bonchev–Trinajstić information content (AvgIpc) is 2.75. The van der Waals surface area contributed by atoms with E-state index in [1.54, 1.807) is 19.1 Å². The number of hydrogen-bond acceptors (Lipinski definition) is 3. The van der Waals surface area contributed by atoms with E-state index in [1.807, 2.05) is 24.3 Å². The predicted molar refractivity (Wildman–Crippen MR) is 118 cm³/mol. The number of sulfonamides is 1. The Morgan fingerprint density at radius 3 is 2.42 bits per heavy atom. The molecule has 1 atom stereocenters. The van der Waals surface area contributed by atoms with Crippen LogP contribution in [0.4, 0.5) is 10.1 Å². The third kappa shape index (κ3) is 4.35. The number of amides is 1. The van der Waals surface area contributed by atoms with Crippen molar-refractivity contribution in [3.8, 4) is 0 Å². The summed E-state index contributed by atoms with van der Waals surface area (Å²) < 4.78 is 41.9. The minimum Gasteiger partial charge on any atom is -0.325 e. The van der Waals surface area contributed by atoms with Crippen molar-refractivity contribution in [2.45, 2.75) is 30.8 Å². The number of anilines is 1. The van der Waals surface area contributed by atoms with Crippen LogP contribution in [-0.4, -0.2) is 24.7 Å². The van der Waals surface area contributed by atoms with E-state index >= 15 is 0 Å². The van der Waals surface area contributed by atoms with Gasteiger partial charge in [0, 0.05) is 17.3 Å². The van der Waals surface area contributed by atoms with E-state index in [0.29, 0.717) is 10.6 Å². The predicted octanol–water partition coefficient (Wildman–Crippen LogP) is 4.54. The molecule has 3 aromatic rings. The summed E-state index contributed by atoms with van der Waals surface area (Å²) >= 11 is 5.90. The minimum absolute atomic E-state index is 0.0514. The van der Waals surface area contributed by atoms with E-state index in [0.717, 1.165) is 11.1 Å². The number of halogens is 2. The summed E-state index contributed by atoms with van der Waals surface area (Å²) in [5, 5.41) is 3.08. The standard InChI is InChI=1S/C23H20ClFN2O3S/c1-15-6-9-19(13-21(15)25)26-23(28)22-12-16-4-2-3-5-17(16)14-27(22)31(29,30)20-10-7-18(24)8-11-20/h2-11,13,22H,12,14H2,1H3,(H,26,28)/t22-/m1/s1. The zero-order valence-corrected chi connectivity index (χ0v) is 18.3. The van der Waals surface area contributed by atoms with Gasteiger partial charge in [-0.3, -0.25) is 4.79 Å². The van der Waals surface area contributed by atoms with Crippen molar-refractivity contribution in [3.05, 3.63) is 94.3 Å². The fraction of sp³-hybridized carbons (Fsp3) is 0.174. The highest BCUT2D eigenvalue weighted by molar-refractivity contribution is 7.89. The van der Waals surface area contributed by atoms with Gasteiger partial charge in [-0.15, -0.1) is 0 Å². The van der Waals surface area contributed by atoms with Gasteiger partial charge in [0.15, 0.2) is 0 Å². The van der Waals surface area contributed by atoms with Crippen LogP contribution in [0.25, 0.3) is 0 Å². The highest BCUT2D eigenvalue weighted by Gasteiger charge is 2.39. The Balaban J connectivity index is 1.71. The number of hydrogen-bond donors (Lipinski definition) is 1. The van der Waals surface area contributed by atoms with Crippen molar-refractivity contribution in [2.75, 3.05) is 5.32 Å². The molecular formula is C23H20ClFN2O3S. The molecule has 1 amide bonds. The van der Waals surface area contributed by atoms with Gasteiger partial charge in [-0.05, 0) is 66.4 Å². The van der Waals surface area contributed by atoms with E-state index in [4.69, 9.17) is 11.6 Å². The molecule has 0 radical (unpaired) electrons. The second kappa shape index (κ2) is 8.42. The summed E-state index contributed by atoms with van der Waals surface area (Å²) in [6.45, 7) is 1.68. The molecule has 1 aliphatic rings. The van der Waals surface area contributed by atoms with E-state index in [-0.39, 0.29) is 23.5 Å². The molecule has 0 saturated heterocycles. The number of carbonyl (C=O) groups excluding carboxylic acids is 1. The van der Waals surface area contributed by atoms with Crippen molar-refractivity contribution in [1.29, 1.82) is 0 Å². The van der Waals surface area contributed by atoms with Gasteiger partial charge in [0.05, 0.1) is 4.90 Å². The van der Waals surface area contributed by atoms with Crippen molar-refractivity contribution in [1.82, 2.24) is 4.31 Å². The normalized spacial score (nSPS) is 16.5. The molecule has 5 nitrogen and oxygen atoms in total. The van der Waals surface area contributed by atoms with Crippen LogP contribution in [0.2, 0.25) is 5.02 Å². The lowest BCUT2D eigenvalue weighted by Gasteiger charge is -2.35. The van der Waals surface area contributed by atoms with Gasteiger partial charge in [-0.2, -0.15) is 4.31 Å². The zero-order valence-electron chi connectivity index (χ0n) is 16.7. The number of aryl methyl sites for hydroxylation is 1. The van der Waals surface area contributed by atoms with Crippen LogP contribution in [0.5, 0.6) is 0 Å². The first-order chi connectivity index (χ1) is 14.8. The first kappa shape index (κ1) is 21.5. The fourth-order valence-corrected chi connectivity index (χ4v) is 5.30. The molecular weight excluding hydrogens is 439 g/mol. The molecule has 0 saturated carbocycles. The number of nitrogens with zero attached hydrogens (tertiary/aromatic N) is 1. The molecule has 0 bridgehead atoms. The maximum absolute atomic E-state index is 13.9. The van der Waals surface area contributed by atoms with Crippen molar-refractivity contribution >= 4 is 33.2 Å². The summed E-state index contributed by atoms with van der Waals surface area (Å²) in [7, 11) is -3.98. The SMILES string of the molecule is Cc1ccc(NC(=O)[C@H]2Cc3ccccc3CN2S(=O)(=O)c2ccc(Cl)cc2)cc1F. The number of nitrogens with one attached hydrogen (secondary N) is 1. The van der Waals surface area contributed by atoms with Crippen molar-refractivity contribution < 1.29 is 17.6 Å². The van der Waals surface area contributed by atoms with E-state index in [1.165, 1.54) is 34.6 Å². The van der Waals surface area contributed by atoms with E-state index < -0.39 is 27.8 Å². The molecule has 1 N–H and O–H groups in total. The highest BCUT2D eigenvalue weighted by Crippen LogP contribution is 2.30. The highest BCUT2D eigenvalue weighted by atomic mass is 35.5. The van der Waals surface area contributed by atoms with Crippen molar-refractivity contribution in [3.63, 3.8) is 0 Å². The summed E-state index contributed by atoms with van der Waals surface area (Å²) in [6.07, 6.45) is 0.211. The van der Waals surface area contributed by atoms with Crippen LogP contribution in [0, 0.1) is 12.7 Å². The first-order valence-electron chi connectivity index (χ1n) is 9.67. The molecule has 8 heteroatoms. The molecule has 0 aliphatic carbocycles. The molecule has 1 aliphatic heterocycles. The second-order valence-corrected chi connectivity index (χ2v) is 9.77. The van der Waals surface area contributed by atoms with Gasteiger partial charge in [0.1, 0.15) is 11.9 Å². The molecule has 0 spiro atoms. The van der Waals surface area contributed by atoms with Crippen LogP contribution in [0.15, 0.2) is 71.6 Å². The smallest absolute Gasteiger partial charge is 0.244 e. The lowest BCUT2D eigenvalue weighted by atomic mass is 9.95. The van der Waals surface area contributed by atoms with Crippen LogP contribution in [-0.2, 0) is 27.8 Å². The maximum Gasteiger partial charge on any atom is 0.244 e. The summed E-state index contributed by atoms with van der Waals surface area (Å²) in [5.74, 6) is -0.965. The molecule has 4 rings (SSSR count). The fourth-order valence-electron chi connectivity index (χ4n) is 3.61. The van der Waals surface area contributed by atoms with Gasteiger partial charge < -0.3 is 5.32 Å². The number of rotatable bonds is 4. The largest absolute Gasteiger partial charge is 0.325 e. The van der Waals surface area contributed by atoms with Gasteiger partial charge in [-0.1, -0.05) is 41.9 Å². The third-order valence-corrected chi connectivity index (χ3v) is 7.49. The minimum atomic E-state index is -3.98. The van der Waals surface area contributed by atoms with Crippen LogP contribution < -0.4 is 5.32 Å². The maximum atomic E-state index is 13.9. The number of carbonyl (C=O) groups is 1. The average molecular weight is 459 g/mol. The Kier molecular flexibility index (Phi) is 5.83. The van der Waals surface area contributed by atoms with Gasteiger partial charge in [0.25, 0.3) is 0 Å². The lowest BCUT2D eigenvalue weighted by molar-refractivity contribution is -0.120. The Morgan fingerprint density at radius 2 is 1.74 bits per heavy atom. The third-order valence-electron chi connectivity index (χ3n) is 5.37. The van der Waals surface area contributed by atoms with Gasteiger partial charge >= 0.3 is 0 Å². The van der Waals surface area contributed by atoms with Crippen molar-refractivity contribution in [2.24, 2.45) is 0 Å². The molecule has 0 aromatic heterocycles. The first-order valence-corrected chi connectivity index (χ1v) is 11.5. The van der Waals surface area contributed by atoms with E-state index in [2.05, 4.69) is 5.32 Å². The van der Waals surface area contributed by atoms with Gasteiger partial charge in [-0.25, -0.2) is 12.8 Å². The Labute approximate surface area is 185 Å². The van der Waals surface area contributed by atoms with Crippen LogP contribution >= 0.6 is 11.6 Å². The Morgan fingerprint density at radius 1 is 1.06 bits per heavy atom. The number of benzene rings is 3. The van der Waals surface area contributed by atoms with E-state index in [9.17, 15) is 17.6 Å². The molecule has 31 heavy (non-hydrogen) atoms. The lowest BCUT2D eigenvalue weighted by Crippen LogP contribution is -2.50. The number of fused-ring (bicyclic) bond motifs is 1. The molecule has 1 heterocycles. The summed E-state index contributed by atoms with van der Waals surface area (Å²) in [4.78, 5) is 13.2. The monoisotopic (exact) mass is 458 g/mol. The molecule has 0 unspecified atom stereocenters. The Bertz CT molecular complexity index is 1250. The van der Waals surface area contributed by atoms with Crippen LogP contribution in [0.3, 0.4) is 0 Å². The Hall–Kier alpha value is -2.74.